The van der Waals surface area contributed by atoms with Gasteiger partial charge in [-0.2, -0.15) is 0 Å². The van der Waals surface area contributed by atoms with E-state index in [1.807, 2.05) is 0 Å². The van der Waals surface area contributed by atoms with Crippen LogP contribution in [0.25, 0.3) is 0 Å². The lowest BCUT2D eigenvalue weighted by Gasteiger charge is -2.24. The molecule has 0 saturated heterocycles. The van der Waals surface area contributed by atoms with E-state index in [1.165, 1.54) is 6.07 Å². The largest absolute Gasteiger partial charge is 0.324 e. The van der Waals surface area contributed by atoms with Crippen LogP contribution < -0.4 is 5.73 Å². The average Bonchev–Trinajstić information content (AvgIpc) is 2.31. The molecule has 0 radical (unpaired) electrons. The zero-order valence-corrected chi connectivity index (χ0v) is 12.1. The Labute approximate surface area is 112 Å². The van der Waals surface area contributed by atoms with Gasteiger partial charge in [0.05, 0.1) is 0 Å². The van der Waals surface area contributed by atoms with Crippen LogP contribution in [-0.4, -0.2) is 0 Å². The van der Waals surface area contributed by atoms with Gasteiger partial charge in [0.15, 0.2) is 0 Å². The van der Waals surface area contributed by atoms with Crippen molar-refractivity contribution < 1.29 is 4.39 Å². The standard InChI is InChI=1S/C14H21BrFN/c1-3-5-10(6-4-2)14(17)12-9-11(15)7-8-13(12)16/h7-10,14H,3-6,17H2,1-2H3. The Morgan fingerprint density at radius 1 is 1.24 bits per heavy atom. The fourth-order valence-corrected chi connectivity index (χ4v) is 2.65. The first kappa shape index (κ1) is 14.7. The Morgan fingerprint density at radius 3 is 2.35 bits per heavy atom. The van der Waals surface area contributed by atoms with Crippen LogP contribution in [-0.2, 0) is 0 Å². The van der Waals surface area contributed by atoms with Gasteiger partial charge in [-0.05, 0) is 37.0 Å². The summed E-state index contributed by atoms with van der Waals surface area (Å²) in [6.07, 6.45) is 4.30. The second kappa shape index (κ2) is 7.12. The Morgan fingerprint density at radius 2 is 1.82 bits per heavy atom. The molecule has 1 nitrogen and oxygen atoms in total. The SMILES string of the molecule is CCCC(CCC)C(N)c1cc(Br)ccc1F. The fraction of sp³-hybridized carbons (Fsp3) is 0.571. The molecule has 0 aromatic heterocycles. The highest BCUT2D eigenvalue weighted by atomic mass is 79.9. The Balaban J connectivity index is 2.91. The summed E-state index contributed by atoms with van der Waals surface area (Å²) < 4.78 is 14.6. The second-order valence-corrected chi connectivity index (χ2v) is 5.44. The van der Waals surface area contributed by atoms with E-state index < -0.39 is 0 Å². The Hall–Kier alpha value is -0.410. The van der Waals surface area contributed by atoms with E-state index in [0.29, 0.717) is 11.5 Å². The highest BCUT2D eigenvalue weighted by Crippen LogP contribution is 2.30. The van der Waals surface area contributed by atoms with Crippen LogP contribution in [0, 0.1) is 11.7 Å². The van der Waals surface area contributed by atoms with Gasteiger partial charge in [-0.15, -0.1) is 0 Å². The van der Waals surface area contributed by atoms with Crippen molar-refractivity contribution in [2.75, 3.05) is 0 Å². The average molecular weight is 302 g/mol. The topological polar surface area (TPSA) is 26.0 Å². The molecular weight excluding hydrogens is 281 g/mol. The van der Waals surface area contributed by atoms with Gasteiger partial charge in [0.2, 0.25) is 0 Å². The maximum atomic E-state index is 13.8. The summed E-state index contributed by atoms with van der Waals surface area (Å²) >= 11 is 3.37. The summed E-state index contributed by atoms with van der Waals surface area (Å²) in [5, 5.41) is 0. The van der Waals surface area contributed by atoms with Gasteiger partial charge in [0.25, 0.3) is 0 Å². The summed E-state index contributed by atoms with van der Waals surface area (Å²) in [6.45, 7) is 4.29. The van der Waals surface area contributed by atoms with Gasteiger partial charge in [-0.25, -0.2) is 4.39 Å². The summed E-state index contributed by atoms with van der Waals surface area (Å²) in [5.74, 6) is 0.173. The van der Waals surface area contributed by atoms with E-state index in [9.17, 15) is 4.39 Å². The molecule has 1 unspecified atom stereocenters. The molecule has 1 aromatic carbocycles. The third kappa shape index (κ3) is 4.07. The molecule has 2 N–H and O–H groups in total. The van der Waals surface area contributed by atoms with Crippen LogP contribution in [0.3, 0.4) is 0 Å². The van der Waals surface area contributed by atoms with E-state index in [1.54, 1.807) is 12.1 Å². The normalized spacial score (nSPS) is 13.1. The van der Waals surface area contributed by atoms with Crippen LogP contribution in [0.5, 0.6) is 0 Å². The molecule has 96 valence electrons. The molecule has 0 aliphatic carbocycles. The molecular formula is C14H21BrFN. The van der Waals surface area contributed by atoms with Gasteiger partial charge in [-0.1, -0.05) is 42.6 Å². The summed E-state index contributed by atoms with van der Waals surface area (Å²) in [4.78, 5) is 0. The molecule has 17 heavy (non-hydrogen) atoms. The quantitative estimate of drug-likeness (QED) is 0.802. The van der Waals surface area contributed by atoms with Crippen molar-refractivity contribution in [2.45, 2.75) is 45.6 Å². The molecule has 0 amide bonds. The van der Waals surface area contributed by atoms with Gasteiger partial charge in [-0.3, -0.25) is 0 Å². The van der Waals surface area contributed by atoms with Gasteiger partial charge >= 0.3 is 0 Å². The number of benzene rings is 1. The second-order valence-electron chi connectivity index (χ2n) is 4.53. The minimum Gasteiger partial charge on any atom is -0.324 e. The van der Waals surface area contributed by atoms with Crippen LogP contribution in [0.1, 0.15) is 51.1 Å². The van der Waals surface area contributed by atoms with Crippen molar-refractivity contribution in [3.63, 3.8) is 0 Å². The molecule has 0 fully saturated rings. The molecule has 0 spiro atoms. The van der Waals surface area contributed by atoms with Crippen molar-refractivity contribution in [2.24, 2.45) is 11.7 Å². The molecule has 1 aromatic rings. The molecule has 0 heterocycles. The highest BCUT2D eigenvalue weighted by Gasteiger charge is 2.21. The molecule has 1 atom stereocenters. The monoisotopic (exact) mass is 301 g/mol. The lowest BCUT2D eigenvalue weighted by Crippen LogP contribution is -2.22. The lowest BCUT2D eigenvalue weighted by atomic mass is 9.86. The van der Waals surface area contributed by atoms with Crippen LogP contribution in [0.15, 0.2) is 22.7 Å². The van der Waals surface area contributed by atoms with Gasteiger partial charge < -0.3 is 5.73 Å². The maximum absolute atomic E-state index is 13.8. The smallest absolute Gasteiger partial charge is 0.128 e. The molecule has 0 aliphatic heterocycles. The number of hydrogen-bond donors (Lipinski definition) is 1. The highest BCUT2D eigenvalue weighted by molar-refractivity contribution is 9.10. The van der Waals surface area contributed by atoms with E-state index >= 15 is 0 Å². The minimum absolute atomic E-state index is 0.196. The minimum atomic E-state index is -0.201. The first-order chi connectivity index (χ1) is 8.10. The van der Waals surface area contributed by atoms with Crippen molar-refractivity contribution in [3.8, 4) is 0 Å². The zero-order chi connectivity index (χ0) is 12.8. The Kier molecular flexibility index (Phi) is 6.14. The Bertz CT molecular complexity index is 348. The summed E-state index contributed by atoms with van der Waals surface area (Å²) in [6, 6.07) is 4.79. The summed E-state index contributed by atoms with van der Waals surface area (Å²) in [5.41, 5.74) is 6.85. The lowest BCUT2D eigenvalue weighted by molar-refractivity contribution is 0.360. The van der Waals surface area contributed by atoms with E-state index in [-0.39, 0.29) is 11.9 Å². The molecule has 3 heteroatoms. The predicted octanol–water partition coefficient (Wildman–Crippen LogP) is 4.80. The van der Waals surface area contributed by atoms with Gasteiger partial charge in [0, 0.05) is 16.1 Å². The molecule has 0 aliphatic rings. The molecule has 0 saturated carbocycles. The van der Waals surface area contributed by atoms with Crippen LogP contribution in [0.2, 0.25) is 0 Å². The predicted molar refractivity (Wildman–Crippen MR) is 74.3 cm³/mol. The maximum Gasteiger partial charge on any atom is 0.128 e. The number of halogens is 2. The molecule has 1 rings (SSSR count). The van der Waals surface area contributed by atoms with E-state index in [4.69, 9.17) is 5.73 Å². The zero-order valence-electron chi connectivity index (χ0n) is 10.5. The fourth-order valence-electron chi connectivity index (χ4n) is 2.27. The van der Waals surface area contributed by atoms with Crippen LogP contribution >= 0.6 is 15.9 Å². The third-order valence-electron chi connectivity index (χ3n) is 3.14. The third-order valence-corrected chi connectivity index (χ3v) is 3.64. The molecule has 0 bridgehead atoms. The van der Waals surface area contributed by atoms with Crippen LogP contribution in [0.4, 0.5) is 4.39 Å². The van der Waals surface area contributed by atoms with E-state index in [0.717, 1.165) is 30.2 Å². The van der Waals surface area contributed by atoms with Crippen molar-refractivity contribution in [1.29, 1.82) is 0 Å². The van der Waals surface area contributed by atoms with Gasteiger partial charge in [0.1, 0.15) is 5.82 Å². The first-order valence-electron chi connectivity index (χ1n) is 6.30. The van der Waals surface area contributed by atoms with Crippen molar-refractivity contribution >= 4 is 15.9 Å². The van der Waals surface area contributed by atoms with Crippen molar-refractivity contribution in [3.05, 3.63) is 34.1 Å². The number of nitrogens with two attached hydrogens (primary N) is 1. The number of hydrogen-bond acceptors (Lipinski definition) is 1. The number of rotatable bonds is 6. The van der Waals surface area contributed by atoms with Crippen molar-refractivity contribution in [1.82, 2.24) is 0 Å². The first-order valence-corrected chi connectivity index (χ1v) is 7.10. The van der Waals surface area contributed by atoms with E-state index in [2.05, 4.69) is 29.8 Å². The summed E-state index contributed by atoms with van der Waals surface area (Å²) in [7, 11) is 0.